The summed E-state index contributed by atoms with van der Waals surface area (Å²) in [4.78, 5) is 2.85. The molecule has 3 N–H and O–H groups in total. The first-order chi connectivity index (χ1) is 11.6. The second-order valence-electron chi connectivity index (χ2n) is 5.95. The molecule has 0 radical (unpaired) electrons. The third-order valence-corrected chi connectivity index (χ3v) is 5.31. The summed E-state index contributed by atoms with van der Waals surface area (Å²) in [6.07, 6.45) is 0. The summed E-state index contributed by atoms with van der Waals surface area (Å²) in [6.45, 7) is 0.145. The minimum absolute atomic E-state index is 0.145. The number of fused-ring (bicyclic) bond motifs is 2. The second kappa shape index (κ2) is 4.38. The lowest BCUT2D eigenvalue weighted by Gasteiger charge is -2.26. The Bertz CT molecular complexity index is 851. The summed E-state index contributed by atoms with van der Waals surface area (Å²) in [5.74, 6) is -0.650. The van der Waals surface area contributed by atoms with E-state index in [1.165, 1.54) is 14.2 Å². The van der Waals surface area contributed by atoms with Crippen LogP contribution in [0.4, 0.5) is 0 Å². The fourth-order valence-corrected chi connectivity index (χ4v) is 4.21. The summed E-state index contributed by atoms with van der Waals surface area (Å²) in [5, 5.41) is 19.9. The summed E-state index contributed by atoms with van der Waals surface area (Å²) >= 11 is 0. The van der Waals surface area contributed by atoms with Crippen molar-refractivity contribution >= 4 is 5.84 Å². The number of nitrogens with two attached hydrogens (primary N) is 1. The molecule has 1 aromatic rings. The van der Waals surface area contributed by atoms with Crippen LogP contribution >= 0.6 is 0 Å². The molecule has 0 saturated heterocycles. The average Bonchev–Trinajstić information content (AvgIpc) is 2.87. The highest BCUT2D eigenvalue weighted by atomic mass is 16.7. The first kappa shape index (κ1) is 14.8. The van der Waals surface area contributed by atoms with E-state index in [1.54, 1.807) is 18.2 Å². The molecule has 24 heavy (non-hydrogen) atoms. The van der Waals surface area contributed by atoms with E-state index in [2.05, 4.69) is 17.1 Å². The Labute approximate surface area is 138 Å². The molecule has 8 nitrogen and oxygen atoms in total. The molecule has 1 aromatic carbocycles. The molecule has 3 atom stereocenters. The van der Waals surface area contributed by atoms with E-state index in [0.29, 0.717) is 11.5 Å². The molecule has 1 aliphatic carbocycles. The molecule has 2 aliphatic heterocycles. The standard InChI is InChI=1S/C16H14N4O4/c1-21-16(22-2)15(7-18)12(14(15,6-17)13(19)20-16)9-3-4-10-11(5-9)24-8-23-10/h3-5,12H,8H2,1-2H3,(H2,19,20)/p+1/t12-,14+,15+/m0/s1. The number of nitriles is 2. The van der Waals surface area contributed by atoms with Gasteiger partial charge in [0.05, 0.1) is 12.1 Å². The number of methoxy groups -OCH3 is 2. The van der Waals surface area contributed by atoms with Gasteiger partial charge in [0.1, 0.15) is 0 Å². The Kier molecular flexibility index (Phi) is 2.70. The van der Waals surface area contributed by atoms with Gasteiger partial charge in [0.15, 0.2) is 22.3 Å². The van der Waals surface area contributed by atoms with E-state index in [0.717, 1.165) is 5.56 Å². The van der Waals surface area contributed by atoms with Crippen molar-refractivity contribution in [2.45, 2.75) is 11.8 Å². The molecule has 8 heteroatoms. The van der Waals surface area contributed by atoms with E-state index < -0.39 is 22.7 Å². The van der Waals surface area contributed by atoms with Gasteiger partial charge in [-0.15, -0.1) is 0 Å². The number of hydrogen-bond donors (Lipinski definition) is 2. The SMILES string of the molecule is COC1(OC)[NH+]=C(N)[C@@]2(C#N)[C@H](c3ccc4c(c3)OCO4)[C@@]12C#N. The van der Waals surface area contributed by atoms with Gasteiger partial charge < -0.3 is 18.9 Å². The van der Waals surface area contributed by atoms with Gasteiger partial charge in [-0.05, 0) is 17.7 Å². The Hall–Kier alpha value is -2.81. The minimum atomic E-state index is -1.50. The van der Waals surface area contributed by atoms with Crippen LogP contribution in [0.1, 0.15) is 11.5 Å². The molecule has 1 fully saturated rings. The number of nitrogens with one attached hydrogen (secondary N) is 1. The van der Waals surface area contributed by atoms with Gasteiger partial charge in [0.2, 0.25) is 6.79 Å². The third-order valence-electron chi connectivity index (χ3n) is 5.31. The monoisotopic (exact) mass is 327 g/mol. The van der Waals surface area contributed by atoms with Crippen LogP contribution in [0, 0.1) is 33.5 Å². The van der Waals surface area contributed by atoms with Crippen LogP contribution in [-0.2, 0) is 9.47 Å². The molecule has 0 spiro atoms. The second-order valence-corrected chi connectivity index (χ2v) is 5.95. The Morgan fingerprint density at radius 2 is 1.92 bits per heavy atom. The minimum Gasteiger partial charge on any atom is -0.454 e. The van der Waals surface area contributed by atoms with Crippen LogP contribution in [0.15, 0.2) is 18.2 Å². The van der Waals surface area contributed by atoms with Crippen molar-refractivity contribution < 1.29 is 23.9 Å². The van der Waals surface area contributed by atoms with Crippen LogP contribution in [0.25, 0.3) is 0 Å². The largest absolute Gasteiger partial charge is 0.454 e. The normalized spacial score (nSPS) is 34.0. The maximum absolute atomic E-state index is 9.98. The van der Waals surface area contributed by atoms with Crippen LogP contribution < -0.4 is 20.2 Å². The lowest BCUT2D eigenvalue weighted by atomic mass is 9.93. The van der Waals surface area contributed by atoms with Gasteiger partial charge >= 0.3 is 5.91 Å². The topological polar surface area (TPSA) is 124 Å². The zero-order chi connectivity index (χ0) is 17.2. The van der Waals surface area contributed by atoms with Crippen molar-refractivity contribution in [1.29, 1.82) is 10.5 Å². The average molecular weight is 327 g/mol. The smallest absolute Gasteiger partial charge is 0.342 e. The van der Waals surface area contributed by atoms with E-state index in [9.17, 15) is 10.5 Å². The Balaban J connectivity index is 1.91. The van der Waals surface area contributed by atoms with Gasteiger partial charge in [-0.2, -0.15) is 10.5 Å². The van der Waals surface area contributed by atoms with Gasteiger partial charge in [0, 0.05) is 20.1 Å². The predicted molar refractivity (Wildman–Crippen MR) is 78.3 cm³/mol. The lowest BCUT2D eigenvalue weighted by Crippen LogP contribution is -2.90. The quantitative estimate of drug-likeness (QED) is 0.677. The van der Waals surface area contributed by atoms with Crippen molar-refractivity contribution in [2.75, 3.05) is 21.0 Å². The summed E-state index contributed by atoms with van der Waals surface area (Å²) in [6, 6.07) is 9.79. The molecule has 2 heterocycles. The highest BCUT2D eigenvalue weighted by Crippen LogP contribution is 2.78. The number of hydrogen-bond acceptors (Lipinski definition) is 7. The first-order valence-corrected chi connectivity index (χ1v) is 7.30. The van der Waals surface area contributed by atoms with Gasteiger partial charge in [0.25, 0.3) is 5.84 Å². The molecule has 0 unspecified atom stereocenters. The Morgan fingerprint density at radius 3 is 2.54 bits per heavy atom. The molecule has 3 aliphatic rings. The van der Waals surface area contributed by atoms with E-state index in [4.69, 9.17) is 24.7 Å². The third kappa shape index (κ3) is 1.25. The van der Waals surface area contributed by atoms with E-state index >= 15 is 0 Å². The molecule has 4 rings (SSSR count). The van der Waals surface area contributed by atoms with Crippen LogP contribution in [0.5, 0.6) is 11.5 Å². The van der Waals surface area contributed by atoms with Gasteiger partial charge in [-0.1, -0.05) is 6.07 Å². The molecule has 0 aromatic heterocycles. The van der Waals surface area contributed by atoms with Crippen molar-refractivity contribution in [3.63, 3.8) is 0 Å². The Morgan fingerprint density at radius 1 is 1.21 bits per heavy atom. The maximum Gasteiger partial charge on any atom is 0.342 e. The van der Waals surface area contributed by atoms with Gasteiger partial charge in [-0.3, -0.25) is 5.73 Å². The number of nitrogens with zero attached hydrogens (tertiary/aromatic N) is 2. The molecule has 0 amide bonds. The summed E-state index contributed by atoms with van der Waals surface area (Å²) < 4.78 is 21.7. The number of ether oxygens (including phenoxy) is 4. The summed E-state index contributed by atoms with van der Waals surface area (Å²) in [5.41, 5.74) is 4.29. The predicted octanol–water partition coefficient (Wildman–Crippen LogP) is -1.07. The van der Waals surface area contributed by atoms with E-state index in [-0.39, 0.29) is 12.6 Å². The van der Waals surface area contributed by atoms with Crippen LogP contribution in [0.3, 0.4) is 0 Å². The maximum atomic E-state index is 9.98. The van der Waals surface area contributed by atoms with Crippen LogP contribution in [-0.4, -0.2) is 32.8 Å². The fraction of sp³-hybridized carbons (Fsp3) is 0.438. The molecule has 122 valence electrons. The van der Waals surface area contributed by atoms with E-state index in [1.807, 2.05) is 0 Å². The van der Waals surface area contributed by atoms with Crippen molar-refractivity contribution in [1.82, 2.24) is 0 Å². The zero-order valence-corrected chi connectivity index (χ0v) is 13.1. The number of rotatable bonds is 3. The molecular weight excluding hydrogens is 312 g/mol. The highest BCUT2D eigenvalue weighted by molar-refractivity contribution is 5.95. The number of amidine groups is 1. The molecule has 1 saturated carbocycles. The summed E-state index contributed by atoms with van der Waals surface area (Å²) in [7, 11) is 2.82. The van der Waals surface area contributed by atoms with Crippen molar-refractivity contribution in [3.05, 3.63) is 23.8 Å². The van der Waals surface area contributed by atoms with Crippen molar-refractivity contribution in [3.8, 4) is 23.6 Å². The zero-order valence-electron chi connectivity index (χ0n) is 13.1. The lowest BCUT2D eigenvalue weighted by molar-refractivity contribution is -0.687. The first-order valence-electron chi connectivity index (χ1n) is 7.30. The number of benzene rings is 1. The highest BCUT2D eigenvalue weighted by Gasteiger charge is 2.97. The van der Waals surface area contributed by atoms with Gasteiger partial charge in [-0.25, -0.2) is 4.99 Å². The van der Waals surface area contributed by atoms with Crippen LogP contribution in [0.2, 0.25) is 0 Å². The molecular formula is C16H15N4O4+. The van der Waals surface area contributed by atoms with Crippen molar-refractivity contribution in [2.24, 2.45) is 16.6 Å². The molecule has 0 bridgehead atoms. The fourth-order valence-electron chi connectivity index (χ4n) is 4.21.